The Morgan fingerprint density at radius 2 is 2.06 bits per heavy atom. The van der Waals surface area contributed by atoms with Crippen molar-refractivity contribution in [2.45, 2.75) is 19.8 Å². The lowest BCUT2D eigenvalue weighted by molar-refractivity contribution is 0.374. The van der Waals surface area contributed by atoms with Gasteiger partial charge in [-0.1, -0.05) is 12.1 Å². The normalized spacial score (nSPS) is 16.2. The summed E-state index contributed by atoms with van der Waals surface area (Å²) >= 11 is 0. The highest BCUT2D eigenvalue weighted by Crippen LogP contribution is 2.22. The SMILES string of the molecule is CCN(CC1CCNCC1)c1ccccc1C#N. The maximum Gasteiger partial charge on any atom is 0.101 e. The second-order valence-electron chi connectivity index (χ2n) is 4.86. The van der Waals surface area contributed by atoms with Crippen LogP contribution in [0.5, 0.6) is 0 Å². The van der Waals surface area contributed by atoms with Gasteiger partial charge in [0.05, 0.1) is 11.3 Å². The Morgan fingerprint density at radius 1 is 1.33 bits per heavy atom. The standard InChI is InChI=1S/C15H21N3/c1-2-18(12-13-7-9-17-10-8-13)15-6-4-3-5-14(15)11-16/h3-6,13,17H,2,7-10,12H2,1H3. The minimum absolute atomic E-state index is 0.748. The third-order valence-corrected chi connectivity index (χ3v) is 3.68. The maximum absolute atomic E-state index is 9.18. The second-order valence-corrected chi connectivity index (χ2v) is 4.86. The molecule has 1 N–H and O–H groups in total. The minimum Gasteiger partial charge on any atom is -0.370 e. The summed E-state index contributed by atoms with van der Waals surface area (Å²) in [5.41, 5.74) is 1.87. The molecule has 18 heavy (non-hydrogen) atoms. The van der Waals surface area contributed by atoms with Gasteiger partial charge in [-0.2, -0.15) is 5.26 Å². The summed E-state index contributed by atoms with van der Waals surface area (Å²) in [6, 6.07) is 10.2. The van der Waals surface area contributed by atoms with E-state index in [1.165, 1.54) is 12.8 Å². The van der Waals surface area contributed by atoms with Crippen LogP contribution in [0, 0.1) is 17.2 Å². The Kier molecular flexibility index (Phi) is 4.60. The summed E-state index contributed by atoms with van der Waals surface area (Å²) in [7, 11) is 0. The molecule has 0 atom stereocenters. The number of hydrogen-bond acceptors (Lipinski definition) is 3. The molecule has 0 amide bonds. The van der Waals surface area contributed by atoms with Crippen LogP contribution in [0.3, 0.4) is 0 Å². The van der Waals surface area contributed by atoms with E-state index in [-0.39, 0.29) is 0 Å². The lowest BCUT2D eigenvalue weighted by Gasteiger charge is -2.31. The van der Waals surface area contributed by atoms with Crippen LogP contribution >= 0.6 is 0 Å². The molecule has 1 aliphatic heterocycles. The fraction of sp³-hybridized carbons (Fsp3) is 0.533. The lowest BCUT2D eigenvalue weighted by Crippen LogP contribution is -2.36. The molecule has 0 aromatic heterocycles. The van der Waals surface area contributed by atoms with Crippen molar-refractivity contribution in [3.8, 4) is 6.07 Å². The molecule has 96 valence electrons. The average molecular weight is 243 g/mol. The molecule has 3 nitrogen and oxygen atoms in total. The van der Waals surface area contributed by atoms with Crippen molar-refractivity contribution in [3.05, 3.63) is 29.8 Å². The van der Waals surface area contributed by atoms with E-state index in [1.807, 2.05) is 18.2 Å². The Morgan fingerprint density at radius 3 is 2.72 bits per heavy atom. The summed E-state index contributed by atoms with van der Waals surface area (Å²) in [4.78, 5) is 2.34. The van der Waals surface area contributed by atoms with Gasteiger partial charge in [0.2, 0.25) is 0 Å². The molecule has 0 saturated carbocycles. The zero-order chi connectivity index (χ0) is 12.8. The topological polar surface area (TPSA) is 39.1 Å². The van der Waals surface area contributed by atoms with Gasteiger partial charge >= 0.3 is 0 Å². The molecule has 1 heterocycles. The molecule has 3 heteroatoms. The van der Waals surface area contributed by atoms with E-state index >= 15 is 0 Å². The molecule has 1 aromatic rings. The quantitative estimate of drug-likeness (QED) is 0.882. The van der Waals surface area contributed by atoms with Gasteiger partial charge in [-0.05, 0) is 50.9 Å². The van der Waals surface area contributed by atoms with Gasteiger partial charge < -0.3 is 10.2 Å². The largest absolute Gasteiger partial charge is 0.370 e. The van der Waals surface area contributed by atoms with E-state index in [1.54, 1.807) is 0 Å². The first-order valence-electron chi connectivity index (χ1n) is 6.80. The van der Waals surface area contributed by atoms with Gasteiger partial charge in [0.15, 0.2) is 0 Å². The van der Waals surface area contributed by atoms with Gasteiger partial charge in [0.25, 0.3) is 0 Å². The molecule has 1 saturated heterocycles. The van der Waals surface area contributed by atoms with Crippen molar-refractivity contribution >= 4 is 5.69 Å². The number of hydrogen-bond donors (Lipinski definition) is 1. The summed E-state index contributed by atoms with van der Waals surface area (Å²) in [6.07, 6.45) is 2.48. The minimum atomic E-state index is 0.748. The third kappa shape index (κ3) is 3.02. The number of benzene rings is 1. The maximum atomic E-state index is 9.18. The van der Waals surface area contributed by atoms with Gasteiger partial charge in [-0.25, -0.2) is 0 Å². The fourth-order valence-corrected chi connectivity index (χ4v) is 2.62. The molecule has 1 aliphatic rings. The van der Waals surface area contributed by atoms with Gasteiger partial charge in [0.1, 0.15) is 6.07 Å². The second kappa shape index (κ2) is 6.42. The summed E-state index contributed by atoms with van der Waals surface area (Å²) in [5.74, 6) is 0.748. The van der Waals surface area contributed by atoms with E-state index in [9.17, 15) is 5.26 Å². The van der Waals surface area contributed by atoms with Crippen LogP contribution in [0.1, 0.15) is 25.3 Å². The predicted octanol–water partition coefficient (Wildman–Crippen LogP) is 2.38. The van der Waals surface area contributed by atoms with E-state index < -0.39 is 0 Å². The number of rotatable bonds is 4. The first-order valence-corrected chi connectivity index (χ1v) is 6.80. The first-order chi connectivity index (χ1) is 8.85. The first kappa shape index (κ1) is 12.9. The van der Waals surface area contributed by atoms with Crippen LogP contribution in [-0.4, -0.2) is 26.2 Å². The molecule has 0 spiro atoms. The van der Waals surface area contributed by atoms with Crippen molar-refractivity contribution in [2.75, 3.05) is 31.1 Å². The van der Waals surface area contributed by atoms with Crippen LogP contribution in [0.4, 0.5) is 5.69 Å². The zero-order valence-electron chi connectivity index (χ0n) is 11.0. The Hall–Kier alpha value is -1.53. The van der Waals surface area contributed by atoms with Crippen LogP contribution < -0.4 is 10.2 Å². The summed E-state index contributed by atoms with van der Waals surface area (Å²) in [5, 5.41) is 12.6. The Balaban J connectivity index is 2.10. The zero-order valence-corrected chi connectivity index (χ0v) is 11.0. The van der Waals surface area contributed by atoms with Crippen molar-refractivity contribution in [2.24, 2.45) is 5.92 Å². The summed E-state index contributed by atoms with van der Waals surface area (Å²) in [6.45, 7) is 6.44. The van der Waals surface area contributed by atoms with Crippen molar-refractivity contribution < 1.29 is 0 Å². The van der Waals surface area contributed by atoms with Crippen molar-refractivity contribution in [1.29, 1.82) is 5.26 Å². The molecule has 1 aromatic carbocycles. The highest BCUT2D eigenvalue weighted by molar-refractivity contribution is 5.59. The highest BCUT2D eigenvalue weighted by atomic mass is 15.1. The predicted molar refractivity (Wildman–Crippen MR) is 74.6 cm³/mol. The van der Waals surface area contributed by atoms with E-state index in [2.05, 4.69) is 29.3 Å². The van der Waals surface area contributed by atoms with Crippen molar-refractivity contribution in [1.82, 2.24) is 5.32 Å². The molecule has 0 unspecified atom stereocenters. The Bertz CT molecular complexity index is 416. The summed E-state index contributed by atoms with van der Waals surface area (Å²) < 4.78 is 0. The Labute approximate surface area is 109 Å². The van der Waals surface area contributed by atoms with Gasteiger partial charge in [0, 0.05) is 13.1 Å². The highest BCUT2D eigenvalue weighted by Gasteiger charge is 2.17. The average Bonchev–Trinajstić information content (AvgIpc) is 2.46. The molecule has 0 radical (unpaired) electrons. The fourth-order valence-electron chi connectivity index (χ4n) is 2.62. The molecule has 2 rings (SSSR count). The smallest absolute Gasteiger partial charge is 0.101 e. The number of nitriles is 1. The molecular formula is C15H21N3. The van der Waals surface area contributed by atoms with Crippen LogP contribution in [0.15, 0.2) is 24.3 Å². The van der Waals surface area contributed by atoms with Gasteiger partial charge in [-0.15, -0.1) is 0 Å². The molecular weight excluding hydrogens is 222 g/mol. The molecule has 0 aliphatic carbocycles. The van der Waals surface area contributed by atoms with Crippen LogP contribution in [0.25, 0.3) is 0 Å². The lowest BCUT2D eigenvalue weighted by atomic mass is 9.97. The van der Waals surface area contributed by atoms with Crippen molar-refractivity contribution in [3.63, 3.8) is 0 Å². The van der Waals surface area contributed by atoms with E-state index in [4.69, 9.17) is 0 Å². The third-order valence-electron chi connectivity index (χ3n) is 3.68. The molecule has 1 fully saturated rings. The number of piperidine rings is 1. The van der Waals surface area contributed by atoms with E-state index in [0.29, 0.717) is 0 Å². The van der Waals surface area contributed by atoms with Gasteiger partial charge in [-0.3, -0.25) is 0 Å². The number of nitrogens with one attached hydrogen (secondary N) is 1. The van der Waals surface area contributed by atoms with Crippen LogP contribution in [0.2, 0.25) is 0 Å². The van der Waals surface area contributed by atoms with Crippen LogP contribution in [-0.2, 0) is 0 Å². The number of anilines is 1. The monoisotopic (exact) mass is 243 g/mol. The number of nitrogens with zero attached hydrogens (tertiary/aromatic N) is 2. The molecule has 0 bridgehead atoms. The van der Waals surface area contributed by atoms with E-state index in [0.717, 1.165) is 43.3 Å². The number of para-hydroxylation sites is 1.